The second kappa shape index (κ2) is 5.82. The average Bonchev–Trinajstić information content (AvgIpc) is 2.39. The van der Waals surface area contributed by atoms with E-state index in [1.807, 2.05) is 12.1 Å². The molecule has 0 saturated carbocycles. The first-order valence-electron chi connectivity index (χ1n) is 6.30. The van der Waals surface area contributed by atoms with Crippen LogP contribution in [-0.2, 0) is 11.3 Å². The number of carbonyl (C=O) groups excluding carboxylic acids is 1. The predicted molar refractivity (Wildman–Crippen MR) is 66.0 cm³/mol. The number of benzene rings is 1. The molecule has 0 spiro atoms. The quantitative estimate of drug-likeness (QED) is 0.792. The lowest BCUT2D eigenvalue weighted by Gasteiger charge is -2.23. The summed E-state index contributed by atoms with van der Waals surface area (Å²) in [6.07, 6.45) is 4.02. The van der Waals surface area contributed by atoms with E-state index in [2.05, 4.69) is 6.07 Å². The molecule has 1 saturated heterocycles. The van der Waals surface area contributed by atoms with Gasteiger partial charge in [-0.1, -0.05) is 12.1 Å². The minimum Gasteiger partial charge on any atom is -0.465 e. The number of rotatable bonds is 3. The van der Waals surface area contributed by atoms with Crippen LogP contribution < -0.4 is 4.90 Å². The lowest BCUT2D eigenvalue weighted by molar-refractivity contribution is -0.918. The van der Waals surface area contributed by atoms with Crippen molar-refractivity contribution in [3.63, 3.8) is 0 Å². The van der Waals surface area contributed by atoms with Gasteiger partial charge in [-0.05, 0) is 31.4 Å². The lowest BCUT2D eigenvalue weighted by atomic mass is 10.1. The molecule has 0 atom stereocenters. The van der Waals surface area contributed by atoms with E-state index in [4.69, 9.17) is 4.74 Å². The number of hydrogen-bond donors (Lipinski definition) is 1. The highest BCUT2D eigenvalue weighted by Crippen LogP contribution is 2.06. The van der Waals surface area contributed by atoms with Crippen molar-refractivity contribution in [1.29, 1.82) is 0 Å². The zero-order valence-electron chi connectivity index (χ0n) is 10.4. The first-order valence-corrected chi connectivity index (χ1v) is 6.30. The van der Waals surface area contributed by atoms with Crippen molar-refractivity contribution in [1.82, 2.24) is 0 Å². The van der Waals surface area contributed by atoms with Crippen molar-refractivity contribution in [2.75, 3.05) is 20.2 Å². The van der Waals surface area contributed by atoms with E-state index in [1.54, 1.807) is 11.0 Å². The second-order valence-corrected chi connectivity index (χ2v) is 4.68. The Kier molecular flexibility index (Phi) is 4.15. The fraction of sp³-hybridized carbons (Fsp3) is 0.500. The number of piperidine rings is 1. The number of quaternary nitrogens is 1. The molecule has 1 aliphatic rings. The van der Waals surface area contributed by atoms with Crippen LogP contribution in [0.5, 0.6) is 0 Å². The van der Waals surface area contributed by atoms with Crippen molar-refractivity contribution < 1.29 is 14.4 Å². The van der Waals surface area contributed by atoms with E-state index in [9.17, 15) is 4.79 Å². The standard InChI is InChI=1S/C14H19NO2/c1-17-14(16)13-7-5-6-12(10-13)11-15-8-3-2-4-9-15/h5-7,10H,2-4,8-9,11H2,1H3/p+1. The average molecular weight is 234 g/mol. The summed E-state index contributed by atoms with van der Waals surface area (Å²) in [7, 11) is 1.42. The molecule has 0 radical (unpaired) electrons. The first-order chi connectivity index (χ1) is 8.29. The number of ether oxygens (including phenoxy) is 1. The van der Waals surface area contributed by atoms with E-state index in [0.29, 0.717) is 5.56 Å². The molecule has 1 aromatic carbocycles. The Morgan fingerprint density at radius 1 is 1.29 bits per heavy atom. The molecular formula is C14H20NO2+. The minimum absolute atomic E-state index is 0.250. The van der Waals surface area contributed by atoms with Crippen LogP contribution in [0.2, 0.25) is 0 Å². The van der Waals surface area contributed by atoms with E-state index in [1.165, 1.54) is 45.0 Å². The first kappa shape index (κ1) is 12.1. The van der Waals surface area contributed by atoms with Crippen LogP contribution in [0.1, 0.15) is 35.2 Å². The molecule has 0 amide bonds. The fourth-order valence-corrected chi connectivity index (χ4v) is 2.44. The summed E-state index contributed by atoms with van der Waals surface area (Å²) in [6.45, 7) is 3.52. The number of hydrogen-bond acceptors (Lipinski definition) is 2. The summed E-state index contributed by atoms with van der Waals surface area (Å²) >= 11 is 0. The third-order valence-electron chi connectivity index (χ3n) is 3.36. The maximum atomic E-state index is 11.4. The Labute approximate surface area is 102 Å². The maximum Gasteiger partial charge on any atom is 0.337 e. The second-order valence-electron chi connectivity index (χ2n) is 4.68. The molecule has 0 aliphatic carbocycles. The molecule has 92 valence electrons. The molecule has 1 aromatic rings. The SMILES string of the molecule is COC(=O)c1cccc(C[NH+]2CCCCC2)c1. The Morgan fingerprint density at radius 2 is 2.06 bits per heavy atom. The van der Waals surface area contributed by atoms with Gasteiger partial charge >= 0.3 is 5.97 Å². The molecule has 0 unspecified atom stereocenters. The largest absolute Gasteiger partial charge is 0.465 e. The molecule has 3 heteroatoms. The van der Waals surface area contributed by atoms with Crippen molar-refractivity contribution >= 4 is 5.97 Å². The third kappa shape index (κ3) is 3.30. The fourth-order valence-electron chi connectivity index (χ4n) is 2.44. The Balaban J connectivity index is 2.02. The summed E-state index contributed by atoms with van der Waals surface area (Å²) in [5.74, 6) is -0.250. The number of likely N-dealkylation sites (tertiary alicyclic amines) is 1. The smallest absolute Gasteiger partial charge is 0.337 e. The van der Waals surface area contributed by atoms with Crippen molar-refractivity contribution in [3.05, 3.63) is 35.4 Å². The normalized spacial score (nSPS) is 16.8. The summed E-state index contributed by atoms with van der Waals surface area (Å²) in [5.41, 5.74) is 1.88. The van der Waals surface area contributed by atoms with E-state index >= 15 is 0 Å². The summed E-state index contributed by atoms with van der Waals surface area (Å²) in [6, 6.07) is 7.79. The van der Waals surface area contributed by atoms with Crippen LogP contribution in [-0.4, -0.2) is 26.2 Å². The van der Waals surface area contributed by atoms with Gasteiger partial charge < -0.3 is 9.64 Å². The van der Waals surface area contributed by atoms with Gasteiger partial charge in [0.2, 0.25) is 0 Å². The van der Waals surface area contributed by atoms with E-state index < -0.39 is 0 Å². The van der Waals surface area contributed by atoms with Crippen LogP contribution in [0.25, 0.3) is 0 Å². The van der Waals surface area contributed by atoms with Gasteiger partial charge in [-0.25, -0.2) is 4.79 Å². The highest BCUT2D eigenvalue weighted by atomic mass is 16.5. The van der Waals surface area contributed by atoms with Gasteiger partial charge in [0.1, 0.15) is 6.54 Å². The van der Waals surface area contributed by atoms with Crippen LogP contribution in [0.4, 0.5) is 0 Å². The predicted octanol–water partition coefficient (Wildman–Crippen LogP) is 1.04. The van der Waals surface area contributed by atoms with Gasteiger partial charge in [-0.2, -0.15) is 0 Å². The Hall–Kier alpha value is -1.35. The molecule has 2 rings (SSSR count). The molecule has 0 bridgehead atoms. The number of nitrogens with one attached hydrogen (secondary N) is 1. The molecule has 0 aromatic heterocycles. The Bertz CT molecular complexity index is 384. The summed E-state index contributed by atoms with van der Waals surface area (Å²) in [4.78, 5) is 13.1. The zero-order chi connectivity index (χ0) is 12.1. The lowest BCUT2D eigenvalue weighted by Crippen LogP contribution is -3.11. The monoisotopic (exact) mass is 234 g/mol. The topological polar surface area (TPSA) is 30.7 Å². The maximum absolute atomic E-state index is 11.4. The van der Waals surface area contributed by atoms with Gasteiger partial charge in [-0.15, -0.1) is 0 Å². The van der Waals surface area contributed by atoms with Gasteiger partial charge in [-0.3, -0.25) is 0 Å². The number of esters is 1. The van der Waals surface area contributed by atoms with Crippen molar-refractivity contribution in [3.8, 4) is 0 Å². The zero-order valence-corrected chi connectivity index (χ0v) is 10.4. The molecule has 1 aliphatic heterocycles. The third-order valence-corrected chi connectivity index (χ3v) is 3.36. The van der Waals surface area contributed by atoms with Crippen molar-refractivity contribution in [2.24, 2.45) is 0 Å². The highest BCUT2D eigenvalue weighted by molar-refractivity contribution is 5.89. The van der Waals surface area contributed by atoms with Crippen molar-refractivity contribution in [2.45, 2.75) is 25.8 Å². The van der Waals surface area contributed by atoms with Gasteiger partial charge in [0.05, 0.1) is 25.8 Å². The number of methoxy groups -OCH3 is 1. The van der Waals surface area contributed by atoms with Crippen LogP contribution in [0, 0.1) is 0 Å². The van der Waals surface area contributed by atoms with Gasteiger partial charge in [0.15, 0.2) is 0 Å². The highest BCUT2D eigenvalue weighted by Gasteiger charge is 2.14. The molecule has 3 nitrogen and oxygen atoms in total. The van der Waals surface area contributed by atoms with Gasteiger partial charge in [0, 0.05) is 5.56 Å². The summed E-state index contributed by atoms with van der Waals surface area (Å²) in [5, 5.41) is 0. The molecule has 17 heavy (non-hydrogen) atoms. The molecule has 1 heterocycles. The van der Waals surface area contributed by atoms with Crippen LogP contribution in [0.15, 0.2) is 24.3 Å². The van der Waals surface area contributed by atoms with Crippen LogP contribution in [0.3, 0.4) is 0 Å². The van der Waals surface area contributed by atoms with Crippen LogP contribution >= 0.6 is 0 Å². The summed E-state index contributed by atoms with van der Waals surface area (Å²) < 4.78 is 4.74. The van der Waals surface area contributed by atoms with Gasteiger partial charge in [0.25, 0.3) is 0 Å². The minimum atomic E-state index is -0.250. The van der Waals surface area contributed by atoms with E-state index in [0.717, 1.165) is 6.54 Å². The molecular weight excluding hydrogens is 214 g/mol. The number of carbonyl (C=O) groups is 1. The van der Waals surface area contributed by atoms with E-state index in [-0.39, 0.29) is 5.97 Å². The molecule has 1 fully saturated rings. The molecule has 1 N–H and O–H groups in total. The Morgan fingerprint density at radius 3 is 2.76 bits per heavy atom.